The van der Waals surface area contributed by atoms with Gasteiger partial charge in [0.25, 0.3) is 0 Å². The topological polar surface area (TPSA) is 54.2 Å². The summed E-state index contributed by atoms with van der Waals surface area (Å²) in [7, 11) is 0. The average molecular weight is 250 g/mol. The molecule has 0 fully saturated rings. The second-order valence-corrected chi connectivity index (χ2v) is 4.69. The summed E-state index contributed by atoms with van der Waals surface area (Å²) in [6, 6.07) is 4.10. The Morgan fingerprint density at radius 3 is 2.72 bits per heavy atom. The number of nitrogens with one attached hydrogen (secondary N) is 1. The van der Waals surface area contributed by atoms with Gasteiger partial charge in [-0.3, -0.25) is 0 Å². The van der Waals surface area contributed by atoms with E-state index in [9.17, 15) is 0 Å². The molecular formula is C14H26N4. The van der Waals surface area contributed by atoms with E-state index in [1.807, 2.05) is 6.07 Å². The number of aromatic nitrogens is 1. The first-order chi connectivity index (χ1) is 8.65. The highest BCUT2D eigenvalue weighted by Gasteiger charge is 2.05. The Kier molecular flexibility index (Phi) is 6.50. The van der Waals surface area contributed by atoms with E-state index in [1.54, 1.807) is 12.3 Å². The normalized spacial score (nSPS) is 12.7. The molecule has 0 bridgehead atoms. The molecule has 1 rings (SSSR count). The lowest BCUT2D eigenvalue weighted by Crippen LogP contribution is -2.25. The molecule has 0 saturated heterocycles. The highest BCUT2D eigenvalue weighted by atomic mass is 15.1. The first-order valence-electron chi connectivity index (χ1n) is 6.86. The summed E-state index contributed by atoms with van der Waals surface area (Å²) in [6.45, 7) is 10.0. The maximum atomic E-state index is 5.72. The van der Waals surface area contributed by atoms with Crippen LogP contribution in [0, 0.1) is 0 Å². The van der Waals surface area contributed by atoms with Crippen LogP contribution in [0.15, 0.2) is 18.3 Å². The van der Waals surface area contributed by atoms with Crippen molar-refractivity contribution in [2.75, 3.05) is 30.7 Å². The van der Waals surface area contributed by atoms with Crippen molar-refractivity contribution in [3.05, 3.63) is 18.3 Å². The van der Waals surface area contributed by atoms with Crippen LogP contribution in [0.25, 0.3) is 0 Å². The minimum atomic E-state index is 0.426. The van der Waals surface area contributed by atoms with E-state index in [2.05, 4.69) is 36.0 Å². The summed E-state index contributed by atoms with van der Waals surface area (Å²) in [4.78, 5) is 6.70. The van der Waals surface area contributed by atoms with Crippen LogP contribution in [0.1, 0.15) is 33.6 Å². The zero-order valence-electron chi connectivity index (χ0n) is 11.8. The largest absolute Gasteiger partial charge is 0.399 e. The summed E-state index contributed by atoms with van der Waals surface area (Å²) in [5.41, 5.74) is 6.48. The van der Waals surface area contributed by atoms with Gasteiger partial charge < -0.3 is 16.0 Å². The number of pyridine rings is 1. The van der Waals surface area contributed by atoms with Crippen LogP contribution in [-0.2, 0) is 0 Å². The van der Waals surface area contributed by atoms with Crippen LogP contribution in [-0.4, -0.2) is 35.6 Å². The zero-order chi connectivity index (χ0) is 13.4. The van der Waals surface area contributed by atoms with Crippen LogP contribution in [0.3, 0.4) is 0 Å². The number of nitrogens with two attached hydrogens (primary N) is 1. The van der Waals surface area contributed by atoms with Gasteiger partial charge >= 0.3 is 0 Å². The molecule has 3 N–H and O–H groups in total. The fourth-order valence-corrected chi connectivity index (χ4v) is 2.01. The molecule has 0 amide bonds. The molecule has 0 radical (unpaired) electrons. The number of hydrogen-bond donors (Lipinski definition) is 2. The average Bonchev–Trinajstić information content (AvgIpc) is 2.34. The first-order valence-corrected chi connectivity index (χ1v) is 6.86. The Bertz CT molecular complexity index is 336. The Labute approximate surface area is 111 Å². The molecule has 0 saturated carbocycles. The molecule has 1 heterocycles. The molecule has 4 heteroatoms. The summed E-state index contributed by atoms with van der Waals surface area (Å²) < 4.78 is 0. The Hall–Kier alpha value is -1.29. The molecule has 0 aromatic carbocycles. The highest BCUT2D eigenvalue weighted by Crippen LogP contribution is 2.11. The molecule has 4 nitrogen and oxygen atoms in total. The maximum Gasteiger partial charge on any atom is 0.128 e. The van der Waals surface area contributed by atoms with Gasteiger partial charge in [-0.2, -0.15) is 0 Å². The van der Waals surface area contributed by atoms with Gasteiger partial charge in [0, 0.05) is 24.0 Å². The van der Waals surface area contributed by atoms with Crippen molar-refractivity contribution in [3.8, 4) is 0 Å². The number of nitrogen functional groups attached to an aromatic ring is 1. The van der Waals surface area contributed by atoms with Crippen LogP contribution in [0.4, 0.5) is 11.5 Å². The predicted octanol–water partition coefficient (Wildman–Crippen LogP) is 2.59. The van der Waals surface area contributed by atoms with E-state index in [4.69, 9.17) is 5.73 Å². The Morgan fingerprint density at radius 1 is 1.39 bits per heavy atom. The second kappa shape index (κ2) is 7.93. The Balaban J connectivity index is 2.27. The molecule has 1 unspecified atom stereocenters. The summed E-state index contributed by atoms with van der Waals surface area (Å²) in [5.74, 6) is 0.866. The van der Waals surface area contributed by atoms with Gasteiger partial charge in [-0.15, -0.1) is 0 Å². The van der Waals surface area contributed by atoms with Crippen molar-refractivity contribution in [2.24, 2.45) is 0 Å². The number of anilines is 2. The van der Waals surface area contributed by atoms with E-state index < -0.39 is 0 Å². The van der Waals surface area contributed by atoms with Crippen molar-refractivity contribution >= 4 is 11.5 Å². The molecule has 0 aliphatic rings. The van der Waals surface area contributed by atoms with Gasteiger partial charge in [0.2, 0.25) is 0 Å². The number of nitrogens with zero attached hydrogens (tertiary/aromatic N) is 2. The smallest absolute Gasteiger partial charge is 0.128 e. The Morgan fingerprint density at radius 2 is 2.11 bits per heavy atom. The number of hydrogen-bond acceptors (Lipinski definition) is 4. The highest BCUT2D eigenvalue weighted by molar-refractivity contribution is 5.48. The van der Waals surface area contributed by atoms with E-state index >= 15 is 0 Å². The molecule has 1 atom stereocenters. The van der Waals surface area contributed by atoms with E-state index in [1.165, 1.54) is 13.0 Å². The minimum Gasteiger partial charge on any atom is -0.399 e. The number of rotatable bonds is 8. The van der Waals surface area contributed by atoms with Gasteiger partial charge in [-0.25, -0.2) is 4.98 Å². The SMILES string of the molecule is CCN(CC)CCCC(C)Nc1cc(N)ccn1. The molecule has 102 valence electrons. The van der Waals surface area contributed by atoms with Crippen molar-refractivity contribution in [2.45, 2.75) is 39.7 Å². The van der Waals surface area contributed by atoms with E-state index in [0.717, 1.165) is 31.0 Å². The quantitative estimate of drug-likeness (QED) is 0.744. The van der Waals surface area contributed by atoms with Gasteiger partial charge in [-0.05, 0) is 45.5 Å². The summed E-state index contributed by atoms with van der Waals surface area (Å²) >= 11 is 0. The predicted molar refractivity (Wildman–Crippen MR) is 78.8 cm³/mol. The lowest BCUT2D eigenvalue weighted by atomic mass is 10.1. The fraction of sp³-hybridized carbons (Fsp3) is 0.643. The third-order valence-electron chi connectivity index (χ3n) is 3.18. The fourth-order valence-electron chi connectivity index (χ4n) is 2.01. The molecule has 1 aromatic heterocycles. The van der Waals surface area contributed by atoms with E-state index in [0.29, 0.717) is 6.04 Å². The molecule has 0 aliphatic heterocycles. The maximum absolute atomic E-state index is 5.72. The third kappa shape index (κ3) is 5.36. The molecule has 18 heavy (non-hydrogen) atoms. The lowest BCUT2D eigenvalue weighted by molar-refractivity contribution is 0.295. The molecule has 0 spiro atoms. The van der Waals surface area contributed by atoms with Crippen molar-refractivity contribution < 1.29 is 0 Å². The monoisotopic (exact) mass is 250 g/mol. The van der Waals surface area contributed by atoms with Gasteiger partial charge in [-0.1, -0.05) is 13.8 Å². The van der Waals surface area contributed by atoms with Crippen LogP contribution < -0.4 is 11.1 Å². The molecular weight excluding hydrogens is 224 g/mol. The molecule has 1 aromatic rings. The third-order valence-corrected chi connectivity index (χ3v) is 3.18. The van der Waals surface area contributed by atoms with E-state index in [-0.39, 0.29) is 0 Å². The standard InChI is InChI=1S/C14H26N4/c1-4-18(5-2)10-6-7-12(3)17-14-11-13(15)8-9-16-14/h8-9,11-12H,4-7,10H2,1-3H3,(H3,15,16,17). The van der Waals surface area contributed by atoms with Gasteiger partial charge in [0.1, 0.15) is 5.82 Å². The van der Waals surface area contributed by atoms with Gasteiger partial charge in [0.05, 0.1) is 0 Å². The zero-order valence-corrected chi connectivity index (χ0v) is 11.8. The second-order valence-electron chi connectivity index (χ2n) is 4.69. The van der Waals surface area contributed by atoms with Crippen LogP contribution in [0.5, 0.6) is 0 Å². The first kappa shape index (κ1) is 14.8. The minimum absolute atomic E-state index is 0.426. The van der Waals surface area contributed by atoms with Crippen LogP contribution >= 0.6 is 0 Å². The summed E-state index contributed by atoms with van der Waals surface area (Å²) in [5, 5.41) is 3.38. The summed E-state index contributed by atoms with van der Waals surface area (Å²) in [6.07, 6.45) is 4.09. The molecule has 0 aliphatic carbocycles. The van der Waals surface area contributed by atoms with Crippen molar-refractivity contribution in [3.63, 3.8) is 0 Å². The van der Waals surface area contributed by atoms with Crippen LogP contribution in [0.2, 0.25) is 0 Å². The van der Waals surface area contributed by atoms with Gasteiger partial charge in [0.15, 0.2) is 0 Å². The lowest BCUT2D eigenvalue weighted by Gasteiger charge is -2.20. The van der Waals surface area contributed by atoms with Crippen molar-refractivity contribution in [1.82, 2.24) is 9.88 Å². The van der Waals surface area contributed by atoms with Crippen molar-refractivity contribution in [1.29, 1.82) is 0 Å².